The Morgan fingerprint density at radius 2 is 2.05 bits per heavy atom. The van der Waals surface area contributed by atoms with Gasteiger partial charge in [-0.15, -0.1) is 0 Å². The smallest absolute Gasteiger partial charge is 0.210 e. The molecule has 7 nitrogen and oxygen atoms in total. The molecule has 0 aliphatic carbocycles. The fourth-order valence-corrected chi connectivity index (χ4v) is 3.51. The lowest BCUT2D eigenvalue weighted by atomic mass is 10.1. The lowest BCUT2D eigenvalue weighted by Crippen LogP contribution is -2.38. The van der Waals surface area contributed by atoms with Crippen LogP contribution in [0.25, 0.3) is 0 Å². The van der Waals surface area contributed by atoms with E-state index >= 15 is 0 Å². The van der Waals surface area contributed by atoms with E-state index in [0.717, 1.165) is 0 Å². The minimum Gasteiger partial charge on any atom is -0.385 e. The van der Waals surface area contributed by atoms with Crippen molar-refractivity contribution in [1.29, 1.82) is 0 Å². The van der Waals surface area contributed by atoms with Gasteiger partial charge >= 0.3 is 0 Å². The van der Waals surface area contributed by atoms with Crippen molar-refractivity contribution in [3.8, 4) is 0 Å². The summed E-state index contributed by atoms with van der Waals surface area (Å²) in [6.45, 7) is 5.97. The molecular formula is C11H17FN4O3S. The SMILES string of the molecule is Cc1nc([C@H](C)S(=O)(=O)C2=NOC(C)(C)[C@@H]2F)n(C)n1. The number of hydrogen-bond donors (Lipinski definition) is 0. The molecule has 1 aromatic heterocycles. The summed E-state index contributed by atoms with van der Waals surface area (Å²) in [4.78, 5) is 8.93. The molecule has 2 heterocycles. The van der Waals surface area contributed by atoms with Crippen LogP contribution in [-0.2, 0) is 21.7 Å². The van der Waals surface area contributed by atoms with Gasteiger partial charge in [-0.25, -0.2) is 17.8 Å². The molecule has 0 fully saturated rings. The fourth-order valence-electron chi connectivity index (χ4n) is 1.95. The van der Waals surface area contributed by atoms with E-state index in [0.29, 0.717) is 5.82 Å². The van der Waals surface area contributed by atoms with Gasteiger partial charge in [0.1, 0.15) is 16.9 Å². The summed E-state index contributed by atoms with van der Waals surface area (Å²) in [6, 6.07) is 0. The molecule has 0 saturated carbocycles. The number of nitrogens with zero attached hydrogens (tertiary/aromatic N) is 4. The van der Waals surface area contributed by atoms with Gasteiger partial charge in [0, 0.05) is 7.05 Å². The molecular weight excluding hydrogens is 287 g/mol. The number of aromatic nitrogens is 3. The van der Waals surface area contributed by atoms with Crippen LogP contribution >= 0.6 is 0 Å². The molecule has 1 aliphatic heterocycles. The molecule has 2 rings (SSSR count). The number of alkyl halides is 1. The maximum absolute atomic E-state index is 14.2. The van der Waals surface area contributed by atoms with Gasteiger partial charge < -0.3 is 4.84 Å². The van der Waals surface area contributed by atoms with Crippen molar-refractivity contribution < 1.29 is 17.6 Å². The van der Waals surface area contributed by atoms with Gasteiger partial charge in [0.15, 0.2) is 11.8 Å². The highest BCUT2D eigenvalue weighted by Gasteiger charge is 2.49. The molecule has 0 amide bonds. The second-order valence-electron chi connectivity index (χ2n) is 5.31. The summed E-state index contributed by atoms with van der Waals surface area (Å²) >= 11 is 0. The maximum atomic E-state index is 14.2. The zero-order valence-electron chi connectivity index (χ0n) is 12.0. The van der Waals surface area contributed by atoms with Crippen LogP contribution in [0, 0.1) is 6.92 Å². The minimum atomic E-state index is -3.99. The van der Waals surface area contributed by atoms with Gasteiger partial charge in [-0.1, -0.05) is 5.16 Å². The Morgan fingerprint density at radius 1 is 1.45 bits per heavy atom. The highest BCUT2D eigenvalue weighted by atomic mass is 32.2. The molecule has 0 N–H and O–H groups in total. The van der Waals surface area contributed by atoms with E-state index in [-0.39, 0.29) is 5.82 Å². The van der Waals surface area contributed by atoms with Crippen LogP contribution < -0.4 is 0 Å². The minimum absolute atomic E-state index is 0.238. The zero-order chi connectivity index (χ0) is 15.3. The highest BCUT2D eigenvalue weighted by molar-refractivity contribution is 8.06. The summed E-state index contributed by atoms with van der Waals surface area (Å²) < 4.78 is 40.5. The predicted molar refractivity (Wildman–Crippen MR) is 70.6 cm³/mol. The lowest BCUT2D eigenvalue weighted by Gasteiger charge is -2.19. The molecule has 0 spiro atoms. The first kappa shape index (κ1) is 14.9. The van der Waals surface area contributed by atoms with Gasteiger partial charge in [0.25, 0.3) is 0 Å². The summed E-state index contributed by atoms with van der Waals surface area (Å²) in [5, 5.41) is 5.78. The molecule has 0 saturated heterocycles. The first-order valence-corrected chi connectivity index (χ1v) is 7.63. The van der Waals surface area contributed by atoms with E-state index < -0.39 is 31.9 Å². The number of rotatable bonds is 2. The summed E-state index contributed by atoms with van der Waals surface area (Å²) in [7, 11) is -2.41. The first-order chi connectivity index (χ1) is 9.07. The summed E-state index contributed by atoms with van der Waals surface area (Å²) in [6.07, 6.45) is -1.80. The standard InChI is InChI=1S/C11H17FN4O3S/c1-6(9-13-7(2)14-16(9)5)20(17,18)10-8(12)11(3,4)19-15-10/h6,8H,1-5H3/t6-,8+/m0/s1. The number of halogens is 1. The Labute approximate surface area is 116 Å². The molecule has 0 radical (unpaired) electrons. The quantitative estimate of drug-likeness (QED) is 0.815. The van der Waals surface area contributed by atoms with Crippen LogP contribution in [0.2, 0.25) is 0 Å². The molecule has 9 heteroatoms. The average molecular weight is 304 g/mol. The summed E-state index contributed by atoms with van der Waals surface area (Å²) in [5.41, 5.74) is -1.28. The van der Waals surface area contributed by atoms with Crippen LogP contribution in [0.3, 0.4) is 0 Å². The third-order valence-electron chi connectivity index (χ3n) is 3.22. The number of sulfone groups is 1. The lowest BCUT2D eigenvalue weighted by molar-refractivity contribution is -0.0232. The molecule has 0 unspecified atom stereocenters. The summed E-state index contributed by atoms with van der Waals surface area (Å²) in [5.74, 6) is 0.688. The Balaban J connectivity index is 2.39. The second kappa shape index (κ2) is 4.51. The van der Waals surface area contributed by atoms with Crippen LogP contribution in [0.1, 0.15) is 37.7 Å². The molecule has 1 aromatic rings. The van der Waals surface area contributed by atoms with E-state index in [4.69, 9.17) is 4.84 Å². The fraction of sp³-hybridized carbons (Fsp3) is 0.727. The predicted octanol–water partition coefficient (Wildman–Crippen LogP) is 1.06. The topological polar surface area (TPSA) is 86.4 Å². The number of oxime groups is 1. The van der Waals surface area contributed by atoms with Crippen LogP contribution in [0.5, 0.6) is 0 Å². The molecule has 1 aliphatic rings. The van der Waals surface area contributed by atoms with Gasteiger partial charge in [-0.05, 0) is 27.7 Å². The normalized spacial score (nSPS) is 23.3. The van der Waals surface area contributed by atoms with Crippen LogP contribution in [-0.4, -0.2) is 40.0 Å². The zero-order valence-corrected chi connectivity index (χ0v) is 12.8. The average Bonchev–Trinajstić information content (AvgIpc) is 2.79. The molecule has 0 aromatic carbocycles. The van der Waals surface area contributed by atoms with Crippen molar-refractivity contribution in [2.24, 2.45) is 12.2 Å². The van der Waals surface area contributed by atoms with Crippen molar-refractivity contribution in [2.75, 3.05) is 0 Å². The van der Waals surface area contributed by atoms with Gasteiger partial charge in [0.2, 0.25) is 14.9 Å². The van der Waals surface area contributed by atoms with E-state index in [9.17, 15) is 12.8 Å². The highest BCUT2D eigenvalue weighted by Crippen LogP contribution is 2.33. The monoisotopic (exact) mass is 304 g/mol. The van der Waals surface area contributed by atoms with Gasteiger partial charge in [-0.2, -0.15) is 5.10 Å². The molecule has 0 bridgehead atoms. The van der Waals surface area contributed by atoms with Crippen molar-refractivity contribution in [3.63, 3.8) is 0 Å². The van der Waals surface area contributed by atoms with Crippen LogP contribution in [0.4, 0.5) is 4.39 Å². The largest absolute Gasteiger partial charge is 0.385 e. The second-order valence-corrected chi connectivity index (χ2v) is 7.53. The van der Waals surface area contributed by atoms with E-state index in [1.54, 1.807) is 14.0 Å². The Morgan fingerprint density at radius 3 is 2.45 bits per heavy atom. The molecule has 20 heavy (non-hydrogen) atoms. The van der Waals surface area contributed by atoms with Crippen molar-refractivity contribution in [2.45, 2.75) is 44.7 Å². The Hall–Kier alpha value is -1.51. The Bertz CT molecular complexity index is 665. The molecule has 2 atom stereocenters. The van der Waals surface area contributed by atoms with Crippen molar-refractivity contribution >= 4 is 14.9 Å². The number of aryl methyl sites for hydroxylation is 2. The van der Waals surface area contributed by atoms with Crippen molar-refractivity contribution in [1.82, 2.24) is 14.8 Å². The Kier molecular flexibility index (Phi) is 3.35. The third kappa shape index (κ3) is 2.19. The maximum Gasteiger partial charge on any atom is 0.210 e. The van der Waals surface area contributed by atoms with Crippen molar-refractivity contribution in [3.05, 3.63) is 11.6 Å². The van der Waals surface area contributed by atoms with E-state index in [1.807, 2.05) is 0 Å². The molecule has 112 valence electrons. The van der Waals surface area contributed by atoms with Gasteiger partial charge in [-0.3, -0.25) is 4.68 Å². The van der Waals surface area contributed by atoms with Crippen LogP contribution in [0.15, 0.2) is 5.16 Å². The van der Waals surface area contributed by atoms with E-state index in [2.05, 4.69) is 15.2 Å². The van der Waals surface area contributed by atoms with E-state index in [1.165, 1.54) is 25.5 Å². The van der Waals surface area contributed by atoms with Gasteiger partial charge in [0.05, 0.1) is 0 Å². The number of hydrogen-bond acceptors (Lipinski definition) is 6. The first-order valence-electron chi connectivity index (χ1n) is 6.09. The third-order valence-corrected chi connectivity index (χ3v) is 5.23.